The van der Waals surface area contributed by atoms with E-state index in [-0.39, 0.29) is 17.3 Å². The van der Waals surface area contributed by atoms with Crippen molar-refractivity contribution in [2.75, 3.05) is 16.4 Å². The number of anilines is 2. The minimum atomic E-state index is -1.20. The summed E-state index contributed by atoms with van der Waals surface area (Å²) < 4.78 is 10.5. The highest BCUT2D eigenvalue weighted by atomic mass is 32.2. The molecule has 2 heterocycles. The summed E-state index contributed by atoms with van der Waals surface area (Å²) in [5.41, 5.74) is 1.28. The number of nitrogens with one attached hydrogen (secondary N) is 2. The van der Waals surface area contributed by atoms with Gasteiger partial charge in [0.05, 0.1) is 17.0 Å². The lowest BCUT2D eigenvalue weighted by Gasteiger charge is -2.19. The van der Waals surface area contributed by atoms with E-state index in [1.807, 2.05) is 0 Å². The minimum Gasteiger partial charge on any atom is -0.444 e. The molecule has 1 aliphatic heterocycles. The maximum atomic E-state index is 12.8. The normalized spacial score (nSPS) is 13.7. The van der Waals surface area contributed by atoms with E-state index in [0.29, 0.717) is 22.8 Å². The van der Waals surface area contributed by atoms with Crippen LogP contribution in [0, 0.1) is 6.92 Å². The number of aromatic nitrogens is 1. The summed E-state index contributed by atoms with van der Waals surface area (Å²) in [5.74, 6) is -0.306. The zero-order valence-electron chi connectivity index (χ0n) is 15.9. The van der Waals surface area contributed by atoms with Crippen molar-refractivity contribution in [3.8, 4) is 0 Å². The Morgan fingerprint density at radius 2 is 2.00 bits per heavy atom. The predicted octanol–water partition coefficient (Wildman–Crippen LogP) is 3.56. The monoisotopic (exact) mass is 423 g/mol. The number of aryl methyl sites for hydroxylation is 1. The second-order valence-electron chi connectivity index (χ2n) is 6.56. The van der Waals surface area contributed by atoms with Gasteiger partial charge in [-0.25, -0.2) is 4.79 Å². The Kier molecular flexibility index (Phi) is 5.53. The van der Waals surface area contributed by atoms with Crippen LogP contribution in [0.2, 0.25) is 0 Å². The largest absolute Gasteiger partial charge is 0.444 e. The second-order valence-corrected chi connectivity index (χ2v) is 7.57. The number of carbonyl (C=O) groups is 3. The summed E-state index contributed by atoms with van der Waals surface area (Å²) in [6, 6.07) is 15.1. The molecule has 0 radical (unpaired) electrons. The van der Waals surface area contributed by atoms with E-state index >= 15 is 0 Å². The average Bonchev–Trinajstić information content (AvgIpc) is 3.16. The van der Waals surface area contributed by atoms with Crippen molar-refractivity contribution in [2.45, 2.75) is 17.9 Å². The lowest BCUT2D eigenvalue weighted by atomic mass is 10.1. The molecule has 1 aliphatic rings. The number of esters is 1. The summed E-state index contributed by atoms with van der Waals surface area (Å²) in [5, 5.41) is 9.06. The number of amides is 2. The van der Waals surface area contributed by atoms with Gasteiger partial charge < -0.3 is 19.9 Å². The van der Waals surface area contributed by atoms with E-state index < -0.39 is 18.0 Å². The minimum absolute atomic E-state index is 0.137. The maximum absolute atomic E-state index is 12.8. The number of ether oxygens (including phenoxy) is 1. The fraction of sp³-hybridized carbons (Fsp3) is 0.143. The first kappa shape index (κ1) is 19.7. The second kappa shape index (κ2) is 8.42. The zero-order chi connectivity index (χ0) is 21.1. The van der Waals surface area contributed by atoms with Crippen LogP contribution in [0.1, 0.15) is 27.8 Å². The van der Waals surface area contributed by atoms with E-state index in [1.165, 1.54) is 11.8 Å². The van der Waals surface area contributed by atoms with Crippen molar-refractivity contribution >= 4 is 41.1 Å². The van der Waals surface area contributed by atoms with Crippen molar-refractivity contribution < 1.29 is 23.6 Å². The van der Waals surface area contributed by atoms with E-state index in [0.717, 1.165) is 4.90 Å². The third-order valence-electron chi connectivity index (χ3n) is 4.29. The molecule has 0 saturated heterocycles. The topological polar surface area (TPSA) is 111 Å². The molecule has 0 unspecified atom stereocenters. The molecule has 1 atom stereocenters. The molecular weight excluding hydrogens is 406 g/mol. The Hall–Kier alpha value is -3.59. The van der Waals surface area contributed by atoms with Gasteiger partial charge in [0, 0.05) is 16.5 Å². The molecule has 4 rings (SSSR count). The van der Waals surface area contributed by atoms with Gasteiger partial charge in [0.25, 0.3) is 5.91 Å². The van der Waals surface area contributed by atoms with Gasteiger partial charge >= 0.3 is 5.97 Å². The Bertz CT molecular complexity index is 1110. The number of hydrogen-bond donors (Lipinski definition) is 2. The SMILES string of the molecule is Cc1cc(NC(=O)[C@@H](OC(=O)c2ccc3c(c2)NC(=O)CS3)c2ccccc2)no1. The lowest BCUT2D eigenvalue weighted by molar-refractivity contribution is -0.125. The first-order chi connectivity index (χ1) is 14.5. The third-order valence-corrected chi connectivity index (χ3v) is 5.37. The summed E-state index contributed by atoms with van der Waals surface area (Å²) in [7, 11) is 0. The van der Waals surface area contributed by atoms with Crippen LogP contribution in [0.25, 0.3) is 0 Å². The molecule has 30 heavy (non-hydrogen) atoms. The van der Waals surface area contributed by atoms with Crippen molar-refractivity contribution in [3.63, 3.8) is 0 Å². The number of hydrogen-bond acceptors (Lipinski definition) is 7. The molecule has 0 saturated carbocycles. The molecule has 2 aromatic carbocycles. The van der Waals surface area contributed by atoms with Crippen LogP contribution in [-0.2, 0) is 14.3 Å². The van der Waals surface area contributed by atoms with Gasteiger partial charge in [0.15, 0.2) is 5.82 Å². The molecule has 2 N–H and O–H groups in total. The number of fused-ring (bicyclic) bond motifs is 1. The van der Waals surface area contributed by atoms with Gasteiger partial charge in [-0.05, 0) is 25.1 Å². The van der Waals surface area contributed by atoms with Gasteiger partial charge in [-0.2, -0.15) is 0 Å². The molecule has 152 valence electrons. The Labute approximate surface area is 176 Å². The van der Waals surface area contributed by atoms with Crippen LogP contribution in [-0.4, -0.2) is 28.7 Å². The molecule has 3 aromatic rings. The molecule has 9 heteroatoms. The van der Waals surface area contributed by atoms with Crippen LogP contribution < -0.4 is 10.6 Å². The Morgan fingerprint density at radius 3 is 2.73 bits per heavy atom. The quantitative estimate of drug-likeness (QED) is 0.604. The van der Waals surface area contributed by atoms with Crippen LogP contribution >= 0.6 is 11.8 Å². The van der Waals surface area contributed by atoms with Gasteiger partial charge in [0.2, 0.25) is 12.0 Å². The van der Waals surface area contributed by atoms with E-state index in [2.05, 4.69) is 15.8 Å². The van der Waals surface area contributed by atoms with Crippen LogP contribution in [0.3, 0.4) is 0 Å². The number of nitrogens with zero attached hydrogens (tertiary/aromatic N) is 1. The van der Waals surface area contributed by atoms with Gasteiger partial charge in [-0.15, -0.1) is 11.8 Å². The molecule has 1 aromatic heterocycles. The van der Waals surface area contributed by atoms with Crippen molar-refractivity contribution in [2.24, 2.45) is 0 Å². The number of rotatable bonds is 5. The van der Waals surface area contributed by atoms with Gasteiger partial charge in [0.1, 0.15) is 5.76 Å². The highest BCUT2D eigenvalue weighted by molar-refractivity contribution is 8.00. The fourth-order valence-electron chi connectivity index (χ4n) is 2.90. The van der Waals surface area contributed by atoms with Gasteiger partial charge in [-0.3, -0.25) is 9.59 Å². The summed E-state index contributed by atoms with van der Waals surface area (Å²) in [6.07, 6.45) is -1.20. The highest BCUT2D eigenvalue weighted by Crippen LogP contribution is 2.32. The van der Waals surface area contributed by atoms with Crippen LogP contribution in [0.4, 0.5) is 11.5 Å². The summed E-state index contributed by atoms with van der Waals surface area (Å²) in [4.78, 5) is 38.1. The average molecular weight is 423 g/mol. The molecule has 0 aliphatic carbocycles. The summed E-state index contributed by atoms with van der Waals surface area (Å²) >= 11 is 1.39. The third kappa shape index (κ3) is 4.36. The lowest BCUT2D eigenvalue weighted by Crippen LogP contribution is -2.26. The molecule has 0 fully saturated rings. The van der Waals surface area contributed by atoms with E-state index in [9.17, 15) is 14.4 Å². The number of thioether (sulfide) groups is 1. The van der Waals surface area contributed by atoms with E-state index in [4.69, 9.17) is 9.26 Å². The molecule has 2 amide bonds. The standard InChI is InChI=1S/C21H17N3O5S/c1-12-9-17(24-29-12)23-20(26)19(13-5-3-2-4-6-13)28-21(27)14-7-8-16-15(10-14)22-18(25)11-30-16/h2-10,19H,11H2,1H3,(H,22,25)(H,23,24,26)/t19-/m0/s1. The van der Waals surface area contributed by atoms with Crippen molar-refractivity contribution in [3.05, 3.63) is 71.5 Å². The van der Waals surface area contributed by atoms with Crippen molar-refractivity contribution in [1.29, 1.82) is 0 Å². The van der Waals surface area contributed by atoms with Crippen LogP contribution in [0.15, 0.2) is 64.0 Å². The molecular formula is C21H17N3O5S. The van der Waals surface area contributed by atoms with E-state index in [1.54, 1.807) is 61.5 Å². The molecule has 8 nitrogen and oxygen atoms in total. The number of benzene rings is 2. The first-order valence-electron chi connectivity index (χ1n) is 9.06. The zero-order valence-corrected chi connectivity index (χ0v) is 16.7. The van der Waals surface area contributed by atoms with Crippen LogP contribution in [0.5, 0.6) is 0 Å². The Morgan fingerprint density at radius 1 is 1.20 bits per heavy atom. The smallest absolute Gasteiger partial charge is 0.339 e. The summed E-state index contributed by atoms with van der Waals surface area (Å²) in [6.45, 7) is 1.70. The molecule has 0 bridgehead atoms. The fourth-order valence-corrected chi connectivity index (χ4v) is 3.69. The van der Waals surface area contributed by atoms with Gasteiger partial charge in [-0.1, -0.05) is 35.5 Å². The van der Waals surface area contributed by atoms with Crippen molar-refractivity contribution in [1.82, 2.24) is 5.16 Å². The highest BCUT2D eigenvalue weighted by Gasteiger charge is 2.27. The Balaban J connectivity index is 1.57. The predicted molar refractivity (Wildman–Crippen MR) is 110 cm³/mol. The first-order valence-corrected chi connectivity index (χ1v) is 10.0. The molecule has 0 spiro atoms. The number of carbonyl (C=O) groups excluding carboxylic acids is 3. The maximum Gasteiger partial charge on any atom is 0.339 e.